The molecule has 1 aliphatic carbocycles. The van der Waals surface area contributed by atoms with Crippen LogP contribution in [0.25, 0.3) is 0 Å². The molecule has 0 heterocycles. The number of nitrogens with zero attached hydrogens (tertiary/aromatic N) is 2. The maximum atomic E-state index is 14.2. The number of hydrogen-bond acceptors (Lipinski definition) is 4. The van der Waals surface area contributed by atoms with E-state index in [0.29, 0.717) is 15.9 Å². The van der Waals surface area contributed by atoms with Gasteiger partial charge in [-0.1, -0.05) is 84.9 Å². The second-order valence-corrected chi connectivity index (χ2v) is 13.8. The molecular formula is C32H34Cl2F3N3O4S. The highest BCUT2D eigenvalue weighted by Crippen LogP contribution is 2.33. The first-order chi connectivity index (χ1) is 21.2. The summed E-state index contributed by atoms with van der Waals surface area (Å²) in [6.45, 7) is -1.13. The molecule has 1 N–H and O–H groups in total. The second kappa shape index (κ2) is 14.9. The van der Waals surface area contributed by atoms with Crippen LogP contribution >= 0.6 is 23.2 Å². The van der Waals surface area contributed by atoms with E-state index < -0.39 is 46.2 Å². The molecule has 3 aromatic rings. The summed E-state index contributed by atoms with van der Waals surface area (Å²) in [7, 11) is -4.26. The van der Waals surface area contributed by atoms with E-state index in [0.717, 1.165) is 56.1 Å². The molecule has 1 fully saturated rings. The van der Waals surface area contributed by atoms with Crippen LogP contribution in [-0.4, -0.2) is 50.0 Å². The third-order valence-electron chi connectivity index (χ3n) is 7.75. The molecule has 3 aromatic carbocycles. The van der Waals surface area contributed by atoms with Gasteiger partial charge in [0, 0.05) is 34.6 Å². The van der Waals surface area contributed by atoms with Crippen molar-refractivity contribution in [1.29, 1.82) is 0 Å². The molecule has 242 valence electrons. The Morgan fingerprint density at radius 3 is 2.16 bits per heavy atom. The topological polar surface area (TPSA) is 86.8 Å². The van der Waals surface area contributed by atoms with Crippen molar-refractivity contribution in [2.24, 2.45) is 0 Å². The molecule has 0 aliphatic heterocycles. The van der Waals surface area contributed by atoms with E-state index in [1.807, 2.05) is 6.07 Å². The van der Waals surface area contributed by atoms with E-state index in [2.05, 4.69) is 5.32 Å². The highest BCUT2D eigenvalue weighted by Gasteiger charge is 2.36. The van der Waals surface area contributed by atoms with Crippen LogP contribution in [0.3, 0.4) is 0 Å². The largest absolute Gasteiger partial charge is 0.416 e. The zero-order valence-corrected chi connectivity index (χ0v) is 26.9. The molecule has 4 rings (SSSR count). The molecule has 0 bridgehead atoms. The summed E-state index contributed by atoms with van der Waals surface area (Å²) in [4.78, 5) is 29.5. The van der Waals surface area contributed by atoms with Crippen LogP contribution < -0.4 is 9.62 Å². The summed E-state index contributed by atoms with van der Waals surface area (Å²) in [5.74, 6) is -1.26. The summed E-state index contributed by atoms with van der Waals surface area (Å²) in [5, 5.41) is 3.53. The molecule has 1 aliphatic rings. The molecular weight excluding hydrogens is 650 g/mol. The van der Waals surface area contributed by atoms with E-state index in [1.54, 1.807) is 42.5 Å². The van der Waals surface area contributed by atoms with E-state index in [4.69, 9.17) is 23.2 Å². The fraction of sp³-hybridized carbons (Fsp3) is 0.375. The first kappa shape index (κ1) is 34.6. The first-order valence-corrected chi connectivity index (χ1v) is 17.1. The SMILES string of the molecule is CS(=O)(=O)N(CC(=O)N(Cc1c(Cl)cccc1Cl)[C@H](Cc1ccccc1)C(=O)NC1CCCCC1)c1cccc(C(F)(F)F)c1. The van der Waals surface area contributed by atoms with Crippen molar-refractivity contribution in [2.45, 2.75) is 63.3 Å². The van der Waals surface area contributed by atoms with Gasteiger partial charge < -0.3 is 10.2 Å². The Balaban J connectivity index is 1.77. The summed E-state index contributed by atoms with van der Waals surface area (Å²) >= 11 is 13.0. The lowest BCUT2D eigenvalue weighted by Gasteiger charge is -2.35. The van der Waals surface area contributed by atoms with Crippen molar-refractivity contribution in [2.75, 3.05) is 17.1 Å². The second-order valence-electron chi connectivity index (χ2n) is 11.1. The molecule has 7 nitrogen and oxygen atoms in total. The van der Waals surface area contributed by atoms with Crippen LogP contribution in [-0.2, 0) is 38.8 Å². The average Bonchev–Trinajstić information content (AvgIpc) is 2.99. The molecule has 0 spiro atoms. The predicted octanol–water partition coefficient (Wildman–Crippen LogP) is 6.87. The van der Waals surface area contributed by atoms with Crippen LogP contribution in [0.1, 0.15) is 48.8 Å². The summed E-state index contributed by atoms with van der Waals surface area (Å²) < 4.78 is 67.0. The van der Waals surface area contributed by atoms with Crippen LogP contribution in [0.4, 0.5) is 18.9 Å². The summed E-state index contributed by atoms with van der Waals surface area (Å²) in [6.07, 6.45) is 0.666. The van der Waals surface area contributed by atoms with Gasteiger partial charge in [0.25, 0.3) is 0 Å². The number of hydrogen-bond donors (Lipinski definition) is 1. The molecule has 0 radical (unpaired) electrons. The monoisotopic (exact) mass is 683 g/mol. The van der Waals surface area contributed by atoms with Gasteiger partial charge in [-0.3, -0.25) is 13.9 Å². The van der Waals surface area contributed by atoms with Crippen molar-refractivity contribution in [3.63, 3.8) is 0 Å². The quantitative estimate of drug-likeness (QED) is 0.239. The van der Waals surface area contributed by atoms with Crippen LogP contribution in [0.2, 0.25) is 10.0 Å². The molecule has 0 saturated heterocycles. The van der Waals surface area contributed by atoms with Crippen molar-refractivity contribution < 1.29 is 31.2 Å². The number of rotatable bonds is 11. The minimum atomic E-state index is -4.74. The van der Waals surface area contributed by atoms with Crippen molar-refractivity contribution >= 4 is 50.7 Å². The normalized spacial score (nSPS) is 14.9. The molecule has 45 heavy (non-hydrogen) atoms. The smallest absolute Gasteiger partial charge is 0.352 e. The Hall–Kier alpha value is -3.28. The van der Waals surface area contributed by atoms with E-state index in [9.17, 15) is 31.2 Å². The number of nitrogens with one attached hydrogen (secondary N) is 1. The van der Waals surface area contributed by atoms with Gasteiger partial charge in [0.2, 0.25) is 21.8 Å². The van der Waals surface area contributed by atoms with Gasteiger partial charge >= 0.3 is 6.18 Å². The lowest BCUT2D eigenvalue weighted by molar-refractivity contribution is -0.140. The maximum Gasteiger partial charge on any atom is 0.416 e. The number of sulfonamides is 1. The molecule has 0 unspecified atom stereocenters. The zero-order valence-electron chi connectivity index (χ0n) is 24.6. The third kappa shape index (κ3) is 9.37. The van der Waals surface area contributed by atoms with E-state index >= 15 is 0 Å². The van der Waals surface area contributed by atoms with Gasteiger partial charge in [-0.2, -0.15) is 13.2 Å². The fourth-order valence-electron chi connectivity index (χ4n) is 5.40. The van der Waals surface area contributed by atoms with Crippen LogP contribution in [0, 0.1) is 0 Å². The molecule has 13 heteroatoms. The summed E-state index contributed by atoms with van der Waals surface area (Å²) in [5.41, 5.74) is -0.345. The predicted molar refractivity (Wildman–Crippen MR) is 170 cm³/mol. The van der Waals surface area contributed by atoms with Gasteiger partial charge in [0.05, 0.1) is 17.5 Å². The minimum absolute atomic E-state index is 0.0790. The maximum absolute atomic E-state index is 14.2. The zero-order chi connectivity index (χ0) is 32.8. The highest BCUT2D eigenvalue weighted by atomic mass is 35.5. The number of alkyl halides is 3. The number of anilines is 1. The standard InChI is InChI=1S/C32H34Cl2F3N3O4S/c1-45(43,44)40(25-15-8-12-23(19-25)32(35,36)37)21-30(41)39(20-26-27(33)16-9-17-28(26)34)29(18-22-10-4-2-5-11-22)31(42)38-24-13-6-3-7-14-24/h2,4-5,8-12,15-17,19,24,29H,3,6-7,13-14,18,20-21H2,1H3,(H,38,42)/t29-/m1/s1. The van der Waals surface area contributed by atoms with Gasteiger partial charge in [-0.25, -0.2) is 8.42 Å². The average molecular weight is 685 g/mol. The van der Waals surface area contributed by atoms with Gasteiger partial charge in [-0.15, -0.1) is 0 Å². The van der Waals surface area contributed by atoms with Crippen LogP contribution in [0.15, 0.2) is 72.8 Å². The number of carbonyl (C=O) groups excluding carboxylic acids is 2. The lowest BCUT2D eigenvalue weighted by Crippen LogP contribution is -2.55. The van der Waals surface area contributed by atoms with Crippen LogP contribution in [0.5, 0.6) is 0 Å². The fourth-order valence-corrected chi connectivity index (χ4v) is 6.76. The molecule has 1 atom stereocenters. The van der Waals surface area contributed by atoms with Crippen molar-refractivity contribution in [3.05, 3.63) is 99.5 Å². The van der Waals surface area contributed by atoms with Crippen molar-refractivity contribution in [3.8, 4) is 0 Å². The highest BCUT2D eigenvalue weighted by molar-refractivity contribution is 7.92. The van der Waals surface area contributed by atoms with Gasteiger partial charge in [0.1, 0.15) is 12.6 Å². The lowest BCUT2D eigenvalue weighted by atomic mass is 9.94. The van der Waals surface area contributed by atoms with Gasteiger partial charge in [-0.05, 0) is 48.7 Å². The number of halogens is 5. The molecule has 1 saturated carbocycles. The Kier molecular flexibility index (Phi) is 11.4. The Morgan fingerprint density at radius 2 is 1.56 bits per heavy atom. The molecule has 2 amide bonds. The Bertz CT molecular complexity index is 1580. The van der Waals surface area contributed by atoms with Crippen molar-refractivity contribution in [1.82, 2.24) is 10.2 Å². The number of carbonyl (C=O) groups is 2. The van der Waals surface area contributed by atoms with E-state index in [-0.39, 0.29) is 34.7 Å². The summed E-state index contributed by atoms with van der Waals surface area (Å²) in [6, 6.07) is 16.3. The van der Waals surface area contributed by atoms with Gasteiger partial charge in [0.15, 0.2) is 0 Å². The number of benzene rings is 3. The minimum Gasteiger partial charge on any atom is -0.352 e. The number of amides is 2. The Morgan fingerprint density at radius 1 is 0.933 bits per heavy atom. The third-order valence-corrected chi connectivity index (χ3v) is 9.60. The first-order valence-electron chi connectivity index (χ1n) is 14.5. The Labute approximate surface area is 271 Å². The molecule has 0 aromatic heterocycles. The van der Waals surface area contributed by atoms with E-state index in [1.165, 1.54) is 11.0 Å².